The Kier molecular flexibility index (Phi) is 6.65. The van der Waals surface area contributed by atoms with Gasteiger partial charge in [-0.25, -0.2) is 0 Å². The van der Waals surface area contributed by atoms with Crippen molar-refractivity contribution in [2.75, 3.05) is 5.75 Å². The first-order valence-electron chi connectivity index (χ1n) is 9.06. The van der Waals surface area contributed by atoms with Crippen molar-refractivity contribution in [3.63, 3.8) is 0 Å². The average molecular weight is 381 g/mol. The summed E-state index contributed by atoms with van der Waals surface area (Å²) in [6, 6.07) is 18.2. The van der Waals surface area contributed by atoms with Crippen LogP contribution >= 0.6 is 11.8 Å². The number of para-hydroxylation sites is 1. The maximum Gasteiger partial charge on any atom is 0.220 e. The number of thioether (sulfide) groups is 1. The normalized spacial score (nSPS) is 10.7. The molecule has 1 N–H and O–H groups in total. The Hall–Kier alpha value is -2.60. The molecular formula is C21H24N4OS. The summed E-state index contributed by atoms with van der Waals surface area (Å²) in [7, 11) is 0. The van der Waals surface area contributed by atoms with Gasteiger partial charge in [-0.15, -0.1) is 10.2 Å². The molecule has 0 aliphatic carbocycles. The summed E-state index contributed by atoms with van der Waals surface area (Å²) >= 11 is 1.64. The largest absolute Gasteiger partial charge is 0.352 e. The van der Waals surface area contributed by atoms with Crippen LogP contribution in [0.15, 0.2) is 59.8 Å². The molecule has 27 heavy (non-hydrogen) atoms. The monoisotopic (exact) mass is 380 g/mol. The Balaban J connectivity index is 1.49. The van der Waals surface area contributed by atoms with Crippen LogP contribution in [0.25, 0.3) is 5.69 Å². The lowest BCUT2D eigenvalue weighted by atomic mass is 10.2. The molecular weight excluding hydrogens is 356 g/mol. The van der Waals surface area contributed by atoms with Crippen molar-refractivity contribution in [1.82, 2.24) is 20.1 Å². The number of amides is 1. The molecule has 0 aliphatic heterocycles. The van der Waals surface area contributed by atoms with Crippen molar-refractivity contribution in [2.45, 2.75) is 38.4 Å². The minimum Gasteiger partial charge on any atom is -0.352 e. The zero-order valence-corrected chi connectivity index (χ0v) is 16.5. The first kappa shape index (κ1) is 19.2. The van der Waals surface area contributed by atoms with Crippen LogP contribution in [0.5, 0.6) is 0 Å². The number of aryl methyl sites for hydroxylation is 2. The van der Waals surface area contributed by atoms with E-state index < -0.39 is 0 Å². The Morgan fingerprint density at radius 2 is 1.78 bits per heavy atom. The lowest BCUT2D eigenvalue weighted by molar-refractivity contribution is -0.121. The number of carbonyl (C=O) groups excluding carboxylic acids is 1. The third-order valence-electron chi connectivity index (χ3n) is 4.26. The number of nitrogens with zero attached hydrogens (tertiary/aromatic N) is 3. The molecule has 1 aromatic heterocycles. The van der Waals surface area contributed by atoms with Crippen LogP contribution in [0.1, 0.15) is 29.8 Å². The highest BCUT2D eigenvalue weighted by Gasteiger charge is 2.13. The van der Waals surface area contributed by atoms with Gasteiger partial charge in [0.15, 0.2) is 5.16 Å². The number of hydrogen-bond acceptors (Lipinski definition) is 4. The van der Waals surface area contributed by atoms with E-state index >= 15 is 0 Å². The number of hydrogen-bond donors (Lipinski definition) is 1. The third-order valence-corrected chi connectivity index (χ3v) is 5.28. The Morgan fingerprint density at radius 3 is 2.56 bits per heavy atom. The summed E-state index contributed by atoms with van der Waals surface area (Å²) in [6.45, 7) is 4.62. The fourth-order valence-corrected chi connectivity index (χ4v) is 3.74. The highest BCUT2D eigenvalue weighted by atomic mass is 32.2. The van der Waals surface area contributed by atoms with E-state index in [2.05, 4.69) is 39.1 Å². The van der Waals surface area contributed by atoms with Crippen LogP contribution in [0.4, 0.5) is 0 Å². The van der Waals surface area contributed by atoms with E-state index in [-0.39, 0.29) is 5.91 Å². The number of aromatic nitrogens is 3. The Labute approximate surface area is 164 Å². The van der Waals surface area contributed by atoms with E-state index in [0.29, 0.717) is 13.0 Å². The molecule has 0 atom stereocenters. The molecule has 6 heteroatoms. The van der Waals surface area contributed by atoms with Crippen LogP contribution in [0.3, 0.4) is 0 Å². The molecule has 5 nitrogen and oxygen atoms in total. The summed E-state index contributed by atoms with van der Waals surface area (Å²) in [5.41, 5.74) is 3.40. The molecule has 3 rings (SSSR count). The molecule has 0 saturated heterocycles. The van der Waals surface area contributed by atoms with E-state index in [9.17, 15) is 4.79 Å². The predicted octanol–water partition coefficient (Wildman–Crippen LogP) is 4.07. The highest BCUT2D eigenvalue weighted by molar-refractivity contribution is 7.99. The summed E-state index contributed by atoms with van der Waals surface area (Å²) in [4.78, 5) is 12.0. The van der Waals surface area contributed by atoms with Crippen molar-refractivity contribution in [2.24, 2.45) is 0 Å². The highest BCUT2D eigenvalue weighted by Crippen LogP contribution is 2.24. The molecule has 0 unspecified atom stereocenters. The van der Waals surface area contributed by atoms with E-state index in [1.165, 1.54) is 5.56 Å². The zero-order chi connectivity index (χ0) is 19.1. The van der Waals surface area contributed by atoms with Gasteiger partial charge in [-0.3, -0.25) is 9.36 Å². The molecule has 1 amide bonds. The molecule has 3 aromatic rings. The van der Waals surface area contributed by atoms with Gasteiger partial charge in [0.05, 0.1) is 5.69 Å². The van der Waals surface area contributed by atoms with Gasteiger partial charge >= 0.3 is 0 Å². The second-order valence-electron chi connectivity index (χ2n) is 6.37. The Bertz CT molecular complexity index is 892. The summed E-state index contributed by atoms with van der Waals surface area (Å²) in [5.74, 6) is 1.77. The first-order valence-corrected chi connectivity index (χ1v) is 10.0. The van der Waals surface area contributed by atoms with E-state index in [1.807, 2.05) is 49.4 Å². The SMILES string of the molecule is Cc1ccccc1-n1c(C)nnc1SCCCC(=O)NCc1ccccc1. The van der Waals surface area contributed by atoms with Gasteiger partial charge in [-0.1, -0.05) is 60.3 Å². The fraction of sp³-hybridized carbons (Fsp3) is 0.286. The number of rotatable bonds is 8. The number of nitrogens with one attached hydrogen (secondary N) is 1. The molecule has 0 saturated carbocycles. The van der Waals surface area contributed by atoms with Crippen molar-refractivity contribution in [3.05, 3.63) is 71.5 Å². The van der Waals surface area contributed by atoms with Crippen molar-refractivity contribution < 1.29 is 4.79 Å². The molecule has 140 valence electrons. The van der Waals surface area contributed by atoms with Crippen molar-refractivity contribution in [1.29, 1.82) is 0 Å². The van der Waals surface area contributed by atoms with Gasteiger partial charge in [0.1, 0.15) is 5.82 Å². The fourth-order valence-electron chi connectivity index (χ4n) is 2.81. The van der Waals surface area contributed by atoms with Gasteiger partial charge in [-0.2, -0.15) is 0 Å². The van der Waals surface area contributed by atoms with Crippen LogP contribution in [0, 0.1) is 13.8 Å². The Morgan fingerprint density at radius 1 is 1.04 bits per heavy atom. The maximum atomic E-state index is 12.0. The minimum atomic E-state index is 0.0796. The van der Waals surface area contributed by atoms with Crippen LogP contribution in [0.2, 0.25) is 0 Å². The second-order valence-corrected chi connectivity index (χ2v) is 7.43. The van der Waals surface area contributed by atoms with Crippen molar-refractivity contribution in [3.8, 4) is 5.69 Å². The molecule has 0 radical (unpaired) electrons. The summed E-state index contributed by atoms with van der Waals surface area (Å²) in [5, 5.41) is 12.4. The van der Waals surface area contributed by atoms with Crippen LogP contribution in [-0.4, -0.2) is 26.4 Å². The first-order chi connectivity index (χ1) is 13.1. The topological polar surface area (TPSA) is 59.8 Å². The molecule has 0 spiro atoms. The van der Waals surface area contributed by atoms with Crippen LogP contribution < -0.4 is 5.32 Å². The second kappa shape index (κ2) is 9.37. The van der Waals surface area contributed by atoms with E-state index in [1.54, 1.807) is 11.8 Å². The molecule has 0 fully saturated rings. The lowest BCUT2D eigenvalue weighted by Crippen LogP contribution is -2.22. The zero-order valence-electron chi connectivity index (χ0n) is 15.7. The van der Waals surface area contributed by atoms with Gasteiger partial charge in [0.25, 0.3) is 0 Å². The minimum absolute atomic E-state index is 0.0796. The standard InChI is InChI=1S/C21H24N4OS/c1-16-9-6-7-12-19(16)25-17(2)23-24-21(25)27-14-8-13-20(26)22-15-18-10-4-3-5-11-18/h3-7,9-12H,8,13-15H2,1-2H3,(H,22,26). The van der Waals surface area contributed by atoms with Crippen LogP contribution in [-0.2, 0) is 11.3 Å². The summed E-state index contributed by atoms with van der Waals surface area (Å²) < 4.78 is 2.08. The van der Waals surface area contributed by atoms with Gasteiger partial charge in [0, 0.05) is 18.7 Å². The molecule has 2 aromatic carbocycles. The quantitative estimate of drug-likeness (QED) is 0.473. The average Bonchev–Trinajstić information content (AvgIpc) is 3.05. The summed E-state index contributed by atoms with van der Waals surface area (Å²) in [6.07, 6.45) is 1.31. The molecule has 0 bridgehead atoms. The molecule has 1 heterocycles. The number of benzene rings is 2. The van der Waals surface area contributed by atoms with Crippen molar-refractivity contribution >= 4 is 17.7 Å². The lowest BCUT2D eigenvalue weighted by Gasteiger charge is -2.11. The van der Waals surface area contributed by atoms with Gasteiger partial charge < -0.3 is 5.32 Å². The smallest absolute Gasteiger partial charge is 0.220 e. The van der Waals surface area contributed by atoms with Gasteiger partial charge in [-0.05, 0) is 37.5 Å². The van der Waals surface area contributed by atoms with E-state index in [0.717, 1.165) is 34.4 Å². The molecule has 0 aliphatic rings. The number of carbonyl (C=O) groups is 1. The maximum absolute atomic E-state index is 12.0. The van der Waals surface area contributed by atoms with Gasteiger partial charge in [0.2, 0.25) is 5.91 Å². The predicted molar refractivity (Wildman–Crippen MR) is 109 cm³/mol. The van der Waals surface area contributed by atoms with E-state index in [4.69, 9.17) is 0 Å². The third kappa shape index (κ3) is 5.20.